The maximum Gasteiger partial charge on any atom is 0.336 e. The number of hydrogen-bond donors (Lipinski definition) is 2. The SMILES string of the molecule is CCCCSc1nc2c(c(=O)[nH]1)[C@H](c1cccs1)C(C(=O)OC)=C(C)N2. The first kappa shape index (κ1) is 18.7. The molecule has 0 bridgehead atoms. The van der Waals surface area contributed by atoms with Crippen LogP contribution in [0.25, 0.3) is 0 Å². The molecule has 0 aromatic carbocycles. The van der Waals surface area contributed by atoms with E-state index in [2.05, 4.69) is 22.2 Å². The van der Waals surface area contributed by atoms with Gasteiger partial charge in [-0.2, -0.15) is 0 Å². The Balaban J connectivity index is 2.10. The molecule has 8 heteroatoms. The minimum absolute atomic E-state index is 0.228. The van der Waals surface area contributed by atoms with E-state index in [0.29, 0.717) is 27.8 Å². The Hall–Kier alpha value is -2.06. The first-order valence-electron chi connectivity index (χ1n) is 8.43. The summed E-state index contributed by atoms with van der Waals surface area (Å²) in [5.74, 6) is 0.482. The van der Waals surface area contributed by atoms with Crippen molar-refractivity contribution in [2.24, 2.45) is 0 Å². The molecule has 1 atom stereocenters. The molecule has 0 radical (unpaired) electrons. The predicted molar refractivity (Wildman–Crippen MR) is 105 cm³/mol. The molecule has 2 N–H and O–H groups in total. The number of rotatable bonds is 6. The average molecular weight is 392 g/mol. The van der Waals surface area contributed by atoms with Crippen molar-refractivity contribution in [3.8, 4) is 0 Å². The Morgan fingerprint density at radius 1 is 1.46 bits per heavy atom. The van der Waals surface area contributed by atoms with E-state index in [4.69, 9.17) is 4.74 Å². The molecule has 0 fully saturated rings. The molecule has 6 nitrogen and oxygen atoms in total. The molecule has 3 rings (SSSR count). The molecule has 2 aromatic rings. The number of unbranched alkanes of at least 4 members (excludes halogenated alkanes) is 1. The highest BCUT2D eigenvalue weighted by molar-refractivity contribution is 7.99. The van der Waals surface area contributed by atoms with Crippen LogP contribution in [0, 0.1) is 0 Å². The van der Waals surface area contributed by atoms with E-state index in [0.717, 1.165) is 23.5 Å². The van der Waals surface area contributed by atoms with Crippen LogP contribution in [-0.2, 0) is 9.53 Å². The van der Waals surface area contributed by atoms with Crippen LogP contribution in [0.5, 0.6) is 0 Å². The smallest absolute Gasteiger partial charge is 0.336 e. The van der Waals surface area contributed by atoms with Crippen LogP contribution in [0.3, 0.4) is 0 Å². The van der Waals surface area contributed by atoms with Gasteiger partial charge >= 0.3 is 5.97 Å². The highest BCUT2D eigenvalue weighted by Gasteiger charge is 2.36. The van der Waals surface area contributed by atoms with Crippen LogP contribution >= 0.6 is 23.1 Å². The average Bonchev–Trinajstić information content (AvgIpc) is 3.14. The molecule has 3 heterocycles. The van der Waals surface area contributed by atoms with Gasteiger partial charge in [0.2, 0.25) is 0 Å². The lowest BCUT2D eigenvalue weighted by atomic mass is 9.86. The second-order valence-corrected chi connectivity index (χ2v) is 8.00. The van der Waals surface area contributed by atoms with E-state index >= 15 is 0 Å². The number of methoxy groups -OCH3 is 1. The number of thioether (sulfide) groups is 1. The molecular weight excluding hydrogens is 370 g/mol. The highest BCUT2D eigenvalue weighted by Crippen LogP contribution is 2.41. The number of carbonyl (C=O) groups excluding carboxylic acids is 1. The van der Waals surface area contributed by atoms with E-state index in [1.165, 1.54) is 30.2 Å². The van der Waals surface area contributed by atoms with Crippen LogP contribution in [0.2, 0.25) is 0 Å². The molecule has 0 saturated heterocycles. The lowest BCUT2D eigenvalue weighted by Crippen LogP contribution is -2.30. The summed E-state index contributed by atoms with van der Waals surface area (Å²) in [6, 6.07) is 3.83. The lowest BCUT2D eigenvalue weighted by molar-refractivity contribution is -0.136. The molecule has 2 aromatic heterocycles. The number of aromatic nitrogens is 2. The number of thiophene rings is 1. The van der Waals surface area contributed by atoms with Crippen molar-refractivity contribution in [1.29, 1.82) is 0 Å². The molecule has 1 aliphatic rings. The van der Waals surface area contributed by atoms with Crippen molar-refractivity contribution in [3.63, 3.8) is 0 Å². The minimum atomic E-state index is -0.482. The number of fused-ring (bicyclic) bond motifs is 1. The van der Waals surface area contributed by atoms with Crippen LogP contribution in [0.1, 0.15) is 43.0 Å². The standard InChI is InChI=1S/C18H21N3O3S2/c1-4-5-8-26-18-20-15-14(16(22)21-18)13(11-7-6-9-25-11)12(10(2)19-15)17(23)24-3/h6-7,9,13H,4-5,8H2,1-3H3,(H2,19,20,21,22)/t13-/m1/s1. The maximum atomic E-state index is 12.9. The van der Waals surface area contributed by atoms with Gasteiger partial charge < -0.3 is 15.0 Å². The van der Waals surface area contributed by atoms with Crippen LogP contribution in [-0.4, -0.2) is 28.8 Å². The van der Waals surface area contributed by atoms with Crippen molar-refractivity contribution in [1.82, 2.24) is 9.97 Å². The fourth-order valence-electron chi connectivity index (χ4n) is 2.93. The van der Waals surface area contributed by atoms with Crippen molar-refractivity contribution < 1.29 is 9.53 Å². The van der Waals surface area contributed by atoms with Crippen molar-refractivity contribution in [2.75, 3.05) is 18.2 Å². The highest BCUT2D eigenvalue weighted by atomic mass is 32.2. The summed E-state index contributed by atoms with van der Waals surface area (Å²) in [6.45, 7) is 3.93. The summed E-state index contributed by atoms with van der Waals surface area (Å²) < 4.78 is 4.96. The molecule has 0 saturated carbocycles. The first-order chi connectivity index (χ1) is 12.6. The fourth-order valence-corrected chi connectivity index (χ4v) is 4.72. The Kier molecular flexibility index (Phi) is 5.83. The van der Waals surface area contributed by atoms with Gasteiger partial charge in [-0.1, -0.05) is 31.2 Å². The number of nitrogens with zero attached hydrogens (tertiary/aromatic N) is 1. The van der Waals surface area contributed by atoms with E-state index < -0.39 is 11.9 Å². The Labute approximate surface area is 160 Å². The van der Waals surface area contributed by atoms with Crippen LogP contribution < -0.4 is 10.9 Å². The minimum Gasteiger partial charge on any atom is -0.466 e. The normalized spacial score (nSPS) is 16.2. The van der Waals surface area contributed by atoms with Gasteiger partial charge in [0.25, 0.3) is 5.56 Å². The molecule has 0 aliphatic carbocycles. The van der Waals surface area contributed by atoms with Crippen molar-refractivity contribution in [2.45, 2.75) is 37.8 Å². The lowest BCUT2D eigenvalue weighted by Gasteiger charge is -2.27. The second-order valence-electron chi connectivity index (χ2n) is 5.94. The number of hydrogen-bond acceptors (Lipinski definition) is 7. The van der Waals surface area contributed by atoms with Crippen molar-refractivity contribution >= 4 is 34.9 Å². The number of carbonyl (C=O) groups is 1. The molecule has 26 heavy (non-hydrogen) atoms. The van der Waals surface area contributed by atoms with Crippen molar-refractivity contribution in [3.05, 3.63) is 49.6 Å². The molecule has 0 amide bonds. The zero-order valence-corrected chi connectivity index (χ0v) is 16.6. The van der Waals surface area contributed by atoms with E-state index in [-0.39, 0.29) is 5.56 Å². The quantitative estimate of drug-likeness (QED) is 0.338. The fraction of sp³-hybridized carbons (Fsp3) is 0.389. The maximum absolute atomic E-state index is 12.9. The number of H-pyrrole nitrogens is 1. The van der Waals surface area contributed by atoms with Gasteiger partial charge in [0.15, 0.2) is 5.16 Å². The van der Waals surface area contributed by atoms with E-state index in [1.54, 1.807) is 0 Å². The van der Waals surface area contributed by atoms with Gasteiger partial charge in [0, 0.05) is 16.3 Å². The summed E-state index contributed by atoms with van der Waals surface area (Å²) in [6.07, 6.45) is 2.15. The third-order valence-corrected chi connectivity index (χ3v) is 6.09. The topological polar surface area (TPSA) is 84.1 Å². The van der Waals surface area contributed by atoms with Crippen LogP contribution in [0.4, 0.5) is 5.82 Å². The van der Waals surface area contributed by atoms with Gasteiger partial charge in [-0.25, -0.2) is 9.78 Å². The van der Waals surface area contributed by atoms with Gasteiger partial charge in [-0.3, -0.25) is 4.79 Å². The Morgan fingerprint density at radius 3 is 2.92 bits per heavy atom. The van der Waals surface area contributed by atoms with Gasteiger partial charge in [0.05, 0.1) is 24.2 Å². The molecular formula is C18H21N3O3S2. The second kappa shape index (κ2) is 8.09. The van der Waals surface area contributed by atoms with Gasteiger partial charge in [-0.15, -0.1) is 11.3 Å². The largest absolute Gasteiger partial charge is 0.466 e. The molecule has 1 aliphatic heterocycles. The summed E-state index contributed by atoms with van der Waals surface area (Å²) in [5.41, 5.74) is 1.33. The van der Waals surface area contributed by atoms with Gasteiger partial charge in [0.1, 0.15) is 5.82 Å². The number of anilines is 1. The Morgan fingerprint density at radius 2 is 2.27 bits per heavy atom. The number of nitrogens with one attached hydrogen (secondary N) is 2. The Bertz CT molecular complexity index is 888. The predicted octanol–water partition coefficient (Wildman–Crippen LogP) is 3.73. The molecule has 138 valence electrons. The summed E-state index contributed by atoms with van der Waals surface area (Å²) in [7, 11) is 1.35. The third kappa shape index (κ3) is 3.57. The van der Waals surface area contributed by atoms with E-state index in [1.807, 2.05) is 24.4 Å². The van der Waals surface area contributed by atoms with Crippen LogP contribution in [0.15, 0.2) is 38.7 Å². The van der Waals surface area contributed by atoms with E-state index in [9.17, 15) is 9.59 Å². The zero-order valence-electron chi connectivity index (χ0n) is 14.9. The number of aromatic amines is 1. The zero-order chi connectivity index (χ0) is 18.7. The number of allylic oxidation sites excluding steroid dienone is 1. The number of esters is 1. The summed E-state index contributed by atoms with van der Waals surface area (Å²) in [5, 5.41) is 5.65. The number of ether oxygens (including phenoxy) is 1. The summed E-state index contributed by atoms with van der Waals surface area (Å²) in [4.78, 5) is 33.6. The molecule has 0 unspecified atom stereocenters. The third-order valence-electron chi connectivity index (χ3n) is 4.19. The first-order valence-corrected chi connectivity index (χ1v) is 10.3. The molecule has 0 spiro atoms. The summed E-state index contributed by atoms with van der Waals surface area (Å²) >= 11 is 3.03. The van der Waals surface area contributed by atoms with Gasteiger partial charge in [-0.05, 0) is 24.8 Å². The monoisotopic (exact) mass is 391 g/mol.